The molecule has 0 unspecified atom stereocenters. The summed E-state index contributed by atoms with van der Waals surface area (Å²) in [6, 6.07) is 4.47. The first kappa shape index (κ1) is 9.62. The lowest BCUT2D eigenvalue weighted by molar-refractivity contribution is 0.565. The molecule has 0 atom stereocenters. The number of benzene rings is 1. The second-order valence-corrected chi connectivity index (χ2v) is 3.06. The standard InChI is InChI=1S/C10H10FNO/c1-7(2)9-4-3-8(12-6-13)5-10(9)11/h3-5,7H,1-2H3. The first-order valence-corrected chi connectivity index (χ1v) is 4.02. The smallest absolute Gasteiger partial charge is 0.211 e. The largest absolute Gasteiger partial charge is 0.240 e. The Kier molecular flexibility index (Phi) is 2.93. The van der Waals surface area contributed by atoms with E-state index in [0.717, 1.165) is 0 Å². The third-order valence-electron chi connectivity index (χ3n) is 1.78. The third-order valence-corrected chi connectivity index (χ3v) is 1.78. The number of hydrogen-bond donors (Lipinski definition) is 0. The number of isocyanates is 1. The molecule has 13 heavy (non-hydrogen) atoms. The van der Waals surface area contributed by atoms with E-state index < -0.39 is 0 Å². The zero-order valence-electron chi connectivity index (χ0n) is 7.54. The zero-order chi connectivity index (χ0) is 9.84. The molecule has 0 aromatic heterocycles. The van der Waals surface area contributed by atoms with Crippen molar-refractivity contribution in [2.24, 2.45) is 4.99 Å². The van der Waals surface area contributed by atoms with Crippen LogP contribution in [0.4, 0.5) is 10.1 Å². The van der Waals surface area contributed by atoms with Gasteiger partial charge in [0, 0.05) is 6.07 Å². The van der Waals surface area contributed by atoms with E-state index in [1.165, 1.54) is 12.1 Å². The molecule has 0 amide bonds. The highest BCUT2D eigenvalue weighted by atomic mass is 19.1. The van der Waals surface area contributed by atoms with Gasteiger partial charge in [0.1, 0.15) is 5.82 Å². The van der Waals surface area contributed by atoms with E-state index in [0.29, 0.717) is 11.3 Å². The van der Waals surface area contributed by atoms with Gasteiger partial charge in [-0.25, -0.2) is 9.18 Å². The van der Waals surface area contributed by atoms with Gasteiger partial charge in [-0.05, 0) is 17.5 Å². The maximum Gasteiger partial charge on any atom is 0.240 e. The van der Waals surface area contributed by atoms with Crippen molar-refractivity contribution in [1.82, 2.24) is 0 Å². The highest BCUT2D eigenvalue weighted by Gasteiger charge is 2.06. The molecule has 0 aliphatic carbocycles. The Morgan fingerprint density at radius 1 is 1.46 bits per heavy atom. The SMILES string of the molecule is CC(C)c1ccc(N=C=O)cc1F. The normalized spacial score (nSPS) is 9.85. The topological polar surface area (TPSA) is 29.4 Å². The average molecular weight is 179 g/mol. The fraction of sp³-hybridized carbons (Fsp3) is 0.300. The Morgan fingerprint density at radius 2 is 2.15 bits per heavy atom. The van der Waals surface area contributed by atoms with Crippen molar-refractivity contribution < 1.29 is 9.18 Å². The van der Waals surface area contributed by atoms with Gasteiger partial charge in [0.15, 0.2) is 0 Å². The minimum Gasteiger partial charge on any atom is -0.211 e. The van der Waals surface area contributed by atoms with Crippen LogP contribution in [-0.2, 0) is 4.79 Å². The summed E-state index contributed by atoms with van der Waals surface area (Å²) in [5, 5.41) is 0. The minimum atomic E-state index is -0.327. The van der Waals surface area contributed by atoms with E-state index in [1.54, 1.807) is 12.1 Å². The number of carbonyl (C=O) groups excluding carboxylic acids is 1. The maximum absolute atomic E-state index is 13.2. The second kappa shape index (κ2) is 3.97. The van der Waals surface area contributed by atoms with Gasteiger partial charge in [-0.1, -0.05) is 19.9 Å². The summed E-state index contributed by atoms with van der Waals surface area (Å²) >= 11 is 0. The summed E-state index contributed by atoms with van der Waals surface area (Å²) in [7, 11) is 0. The van der Waals surface area contributed by atoms with E-state index in [9.17, 15) is 9.18 Å². The van der Waals surface area contributed by atoms with Crippen molar-refractivity contribution in [2.75, 3.05) is 0 Å². The summed E-state index contributed by atoms with van der Waals surface area (Å²) in [6.45, 7) is 3.81. The van der Waals surface area contributed by atoms with Crippen LogP contribution in [0.25, 0.3) is 0 Å². The molecular weight excluding hydrogens is 169 g/mol. The van der Waals surface area contributed by atoms with Gasteiger partial charge in [0.25, 0.3) is 0 Å². The van der Waals surface area contributed by atoms with Crippen LogP contribution in [0.3, 0.4) is 0 Å². The van der Waals surface area contributed by atoms with Crippen LogP contribution in [-0.4, -0.2) is 6.08 Å². The minimum absolute atomic E-state index is 0.134. The molecule has 1 aromatic rings. The maximum atomic E-state index is 13.2. The predicted molar refractivity (Wildman–Crippen MR) is 48.3 cm³/mol. The lowest BCUT2D eigenvalue weighted by Gasteiger charge is -2.06. The lowest BCUT2D eigenvalue weighted by Crippen LogP contribution is -1.91. The van der Waals surface area contributed by atoms with Gasteiger partial charge in [-0.15, -0.1) is 0 Å². The number of hydrogen-bond acceptors (Lipinski definition) is 2. The monoisotopic (exact) mass is 179 g/mol. The molecule has 0 spiro atoms. The van der Waals surface area contributed by atoms with Crippen LogP contribution >= 0.6 is 0 Å². The summed E-state index contributed by atoms with van der Waals surface area (Å²) in [4.78, 5) is 13.2. The van der Waals surface area contributed by atoms with Crippen molar-refractivity contribution in [2.45, 2.75) is 19.8 Å². The predicted octanol–water partition coefficient (Wildman–Crippen LogP) is 2.92. The molecule has 0 saturated heterocycles. The molecule has 0 heterocycles. The number of nitrogens with zero attached hydrogens (tertiary/aromatic N) is 1. The van der Waals surface area contributed by atoms with Gasteiger partial charge in [-0.2, -0.15) is 4.99 Å². The van der Waals surface area contributed by atoms with Crippen LogP contribution in [0.5, 0.6) is 0 Å². The number of rotatable bonds is 2. The first-order valence-electron chi connectivity index (χ1n) is 4.02. The van der Waals surface area contributed by atoms with Crippen LogP contribution in [0.15, 0.2) is 23.2 Å². The van der Waals surface area contributed by atoms with E-state index in [2.05, 4.69) is 4.99 Å². The number of halogens is 1. The molecule has 0 N–H and O–H groups in total. The van der Waals surface area contributed by atoms with Crippen LogP contribution in [0, 0.1) is 5.82 Å². The summed E-state index contributed by atoms with van der Waals surface area (Å²) in [5.74, 6) is -0.194. The molecule has 1 aromatic carbocycles. The van der Waals surface area contributed by atoms with E-state index in [1.807, 2.05) is 13.8 Å². The Bertz CT molecular complexity index is 354. The number of aliphatic imine (C=N–C) groups is 1. The molecule has 0 saturated carbocycles. The van der Waals surface area contributed by atoms with Crippen LogP contribution in [0.1, 0.15) is 25.3 Å². The van der Waals surface area contributed by atoms with Crippen LogP contribution in [0.2, 0.25) is 0 Å². The molecule has 0 fully saturated rings. The molecule has 0 aliphatic rings. The Balaban J connectivity index is 3.12. The molecule has 3 heteroatoms. The van der Waals surface area contributed by atoms with Gasteiger partial charge in [-0.3, -0.25) is 0 Å². The van der Waals surface area contributed by atoms with Gasteiger partial charge in [0.2, 0.25) is 6.08 Å². The highest BCUT2D eigenvalue weighted by molar-refractivity contribution is 5.49. The molecule has 0 aliphatic heterocycles. The van der Waals surface area contributed by atoms with Gasteiger partial charge < -0.3 is 0 Å². The highest BCUT2D eigenvalue weighted by Crippen LogP contribution is 2.22. The second-order valence-electron chi connectivity index (χ2n) is 3.06. The first-order chi connectivity index (χ1) is 6.15. The Labute approximate surface area is 76.1 Å². The average Bonchev–Trinajstić information content (AvgIpc) is 2.04. The van der Waals surface area contributed by atoms with Crippen LogP contribution < -0.4 is 0 Å². The lowest BCUT2D eigenvalue weighted by atomic mass is 10.0. The van der Waals surface area contributed by atoms with Gasteiger partial charge in [0.05, 0.1) is 5.69 Å². The van der Waals surface area contributed by atoms with Crippen molar-refractivity contribution >= 4 is 11.8 Å². The molecule has 68 valence electrons. The van der Waals surface area contributed by atoms with Crippen molar-refractivity contribution in [3.63, 3.8) is 0 Å². The third kappa shape index (κ3) is 2.23. The molecule has 0 radical (unpaired) electrons. The summed E-state index contributed by atoms with van der Waals surface area (Å²) in [5.41, 5.74) is 0.932. The molecular formula is C10H10FNO. The zero-order valence-corrected chi connectivity index (χ0v) is 7.54. The fourth-order valence-corrected chi connectivity index (χ4v) is 1.11. The van der Waals surface area contributed by atoms with Gasteiger partial charge >= 0.3 is 0 Å². The Hall–Kier alpha value is -1.47. The molecule has 0 bridgehead atoms. The van der Waals surface area contributed by atoms with Crippen molar-refractivity contribution in [3.05, 3.63) is 29.6 Å². The molecule has 1 rings (SSSR count). The quantitative estimate of drug-likeness (QED) is 0.507. The van der Waals surface area contributed by atoms with E-state index in [-0.39, 0.29) is 11.7 Å². The van der Waals surface area contributed by atoms with E-state index in [4.69, 9.17) is 0 Å². The molecule has 2 nitrogen and oxygen atoms in total. The summed E-state index contributed by atoms with van der Waals surface area (Å²) in [6.07, 6.45) is 1.37. The Morgan fingerprint density at radius 3 is 2.62 bits per heavy atom. The van der Waals surface area contributed by atoms with Crippen molar-refractivity contribution in [1.29, 1.82) is 0 Å². The van der Waals surface area contributed by atoms with Crippen molar-refractivity contribution in [3.8, 4) is 0 Å². The fourth-order valence-electron chi connectivity index (χ4n) is 1.11. The summed E-state index contributed by atoms with van der Waals surface area (Å²) < 4.78 is 13.2. The van der Waals surface area contributed by atoms with E-state index >= 15 is 0 Å².